The maximum atomic E-state index is 13.9. The van der Waals surface area contributed by atoms with E-state index in [1.54, 1.807) is 0 Å². The molecular formula is C20H21F6N3O5S. The molecule has 1 saturated heterocycles. The Morgan fingerprint density at radius 2 is 2.03 bits per heavy atom. The van der Waals surface area contributed by atoms with E-state index in [4.69, 9.17) is 0 Å². The number of rotatable bonds is 8. The predicted octanol–water partition coefficient (Wildman–Crippen LogP) is 2.40. The van der Waals surface area contributed by atoms with Gasteiger partial charge in [0.15, 0.2) is 11.6 Å². The van der Waals surface area contributed by atoms with Gasteiger partial charge in [0.2, 0.25) is 15.9 Å². The van der Waals surface area contributed by atoms with Crippen LogP contribution in [-0.4, -0.2) is 63.4 Å². The fourth-order valence-corrected chi connectivity index (χ4v) is 5.18. The van der Waals surface area contributed by atoms with E-state index >= 15 is 0 Å². The average molecular weight is 529 g/mol. The number of sulfonamides is 1. The molecule has 1 aromatic carbocycles. The van der Waals surface area contributed by atoms with Crippen molar-refractivity contribution in [1.29, 1.82) is 0 Å². The molecule has 35 heavy (non-hydrogen) atoms. The standard InChI is InChI=1S/C20H21F6N3O5S/c21-15-9-12(1-6-17(15)33-19(22)23)10-28-18(30)16-11-27-7-8-29(16)35(31,32)14-4-2-13(3-5-14)34-20(24,25)26/h1-2,4-6,9,13,16,19,27H,3,7-8,10-11H2,(H,28,30)/t13?,16-/m1/s1. The number of hydrogen-bond donors (Lipinski definition) is 2. The summed E-state index contributed by atoms with van der Waals surface area (Å²) in [4.78, 5) is 12.5. The largest absolute Gasteiger partial charge is 0.523 e. The first-order valence-electron chi connectivity index (χ1n) is 10.2. The highest BCUT2D eigenvalue weighted by Crippen LogP contribution is 2.27. The van der Waals surface area contributed by atoms with Gasteiger partial charge in [0.25, 0.3) is 0 Å². The van der Waals surface area contributed by atoms with Crippen molar-refractivity contribution in [3.8, 4) is 5.75 Å². The van der Waals surface area contributed by atoms with E-state index in [0.717, 1.165) is 34.7 Å². The molecule has 0 bridgehead atoms. The highest BCUT2D eigenvalue weighted by Gasteiger charge is 2.39. The number of nitrogens with zero attached hydrogens (tertiary/aromatic N) is 1. The van der Waals surface area contributed by atoms with Gasteiger partial charge in [-0.15, -0.1) is 13.2 Å². The minimum Gasteiger partial charge on any atom is -0.432 e. The number of allylic oxidation sites excluding steroid dienone is 1. The van der Waals surface area contributed by atoms with Crippen LogP contribution in [0.25, 0.3) is 0 Å². The number of nitrogens with one attached hydrogen (secondary N) is 2. The van der Waals surface area contributed by atoms with Crippen molar-refractivity contribution in [2.24, 2.45) is 0 Å². The molecule has 0 saturated carbocycles. The Labute approximate surface area is 196 Å². The van der Waals surface area contributed by atoms with Crippen LogP contribution < -0.4 is 15.4 Å². The lowest BCUT2D eigenvalue weighted by molar-refractivity contribution is -0.335. The van der Waals surface area contributed by atoms with Gasteiger partial charge in [0.05, 0.1) is 11.0 Å². The quantitative estimate of drug-likeness (QED) is 0.503. The van der Waals surface area contributed by atoms with Crippen molar-refractivity contribution >= 4 is 15.9 Å². The van der Waals surface area contributed by atoms with Crippen LogP contribution in [0.1, 0.15) is 12.0 Å². The van der Waals surface area contributed by atoms with Crippen LogP contribution in [0.2, 0.25) is 0 Å². The number of piperazine rings is 1. The molecule has 1 aromatic rings. The molecule has 1 amide bonds. The lowest BCUT2D eigenvalue weighted by Crippen LogP contribution is -2.59. The van der Waals surface area contributed by atoms with Crippen molar-refractivity contribution in [3.05, 3.63) is 52.7 Å². The lowest BCUT2D eigenvalue weighted by atomic mass is 10.1. The number of benzene rings is 1. The third-order valence-corrected chi connectivity index (χ3v) is 7.05. The first-order valence-corrected chi connectivity index (χ1v) is 11.7. The van der Waals surface area contributed by atoms with E-state index in [9.17, 15) is 39.6 Å². The molecule has 1 aliphatic carbocycles. The predicted molar refractivity (Wildman–Crippen MR) is 110 cm³/mol. The molecule has 8 nitrogen and oxygen atoms in total. The van der Waals surface area contributed by atoms with Gasteiger partial charge >= 0.3 is 13.0 Å². The maximum Gasteiger partial charge on any atom is 0.523 e. The summed E-state index contributed by atoms with van der Waals surface area (Å²) in [5.74, 6) is -2.45. The Morgan fingerprint density at radius 3 is 2.63 bits per heavy atom. The van der Waals surface area contributed by atoms with Gasteiger partial charge in [0, 0.05) is 26.2 Å². The smallest absolute Gasteiger partial charge is 0.432 e. The van der Waals surface area contributed by atoms with E-state index in [2.05, 4.69) is 20.1 Å². The van der Waals surface area contributed by atoms with Crippen LogP contribution in [0.15, 0.2) is 41.3 Å². The zero-order valence-corrected chi connectivity index (χ0v) is 18.7. The first kappa shape index (κ1) is 27.0. The van der Waals surface area contributed by atoms with Gasteiger partial charge in [-0.3, -0.25) is 9.53 Å². The van der Waals surface area contributed by atoms with Crippen LogP contribution in [0.3, 0.4) is 0 Å². The second-order valence-electron chi connectivity index (χ2n) is 7.50. The second-order valence-corrected chi connectivity index (χ2v) is 9.39. The first-order chi connectivity index (χ1) is 16.4. The summed E-state index contributed by atoms with van der Waals surface area (Å²) in [5.41, 5.74) is 0.212. The number of hydrogen-bond acceptors (Lipinski definition) is 6. The highest BCUT2D eigenvalue weighted by molar-refractivity contribution is 7.93. The number of carbonyl (C=O) groups is 1. The van der Waals surface area contributed by atoms with Gasteiger partial charge in [-0.1, -0.05) is 18.2 Å². The zero-order valence-electron chi connectivity index (χ0n) is 17.9. The third-order valence-electron chi connectivity index (χ3n) is 5.09. The summed E-state index contributed by atoms with van der Waals surface area (Å²) in [6.07, 6.45) is -3.50. The van der Waals surface area contributed by atoms with Gasteiger partial charge in [0.1, 0.15) is 6.04 Å². The summed E-state index contributed by atoms with van der Waals surface area (Å²) >= 11 is 0. The summed E-state index contributed by atoms with van der Waals surface area (Å²) in [5, 5.41) is 5.36. The molecule has 0 spiro atoms. The maximum absolute atomic E-state index is 13.9. The van der Waals surface area contributed by atoms with E-state index in [1.165, 1.54) is 6.07 Å². The molecule has 1 unspecified atom stereocenters. The normalized spacial score (nSPS) is 21.6. The van der Waals surface area contributed by atoms with E-state index in [0.29, 0.717) is 0 Å². The summed E-state index contributed by atoms with van der Waals surface area (Å²) < 4.78 is 111. The molecule has 0 radical (unpaired) electrons. The van der Waals surface area contributed by atoms with E-state index < -0.39 is 52.6 Å². The van der Waals surface area contributed by atoms with Crippen molar-refractivity contribution in [1.82, 2.24) is 14.9 Å². The molecule has 1 aliphatic heterocycles. The monoisotopic (exact) mass is 529 g/mol. The van der Waals surface area contributed by atoms with E-state index in [-0.39, 0.29) is 43.1 Å². The Bertz CT molecular complexity index is 1090. The van der Waals surface area contributed by atoms with Crippen LogP contribution in [0.4, 0.5) is 26.3 Å². The minimum atomic E-state index is -4.87. The molecule has 2 N–H and O–H groups in total. The summed E-state index contributed by atoms with van der Waals surface area (Å²) in [7, 11) is -4.23. The fourth-order valence-electron chi connectivity index (χ4n) is 3.52. The van der Waals surface area contributed by atoms with Crippen molar-refractivity contribution in [3.63, 3.8) is 0 Å². The molecular weight excluding hydrogens is 508 g/mol. The van der Waals surface area contributed by atoms with Crippen LogP contribution >= 0.6 is 0 Å². The Morgan fingerprint density at radius 1 is 1.29 bits per heavy atom. The fraction of sp³-hybridized carbons (Fsp3) is 0.450. The molecule has 1 heterocycles. The van der Waals surface area contributed by atoms with E-state index in [1.807, 2.05) is 0 Å². The Balaban J connectivity index is 1.66. The average Bonchev–Trinajstić information content (AvgIpc) is 2.78. The molecule has 2 atom stereocenters. The number of amides is 1. The Hall–Kier alpha value is -2.62. The Kier molecular flexibility index (Phi) is 8.46. The summed E-state index contributed by atoms with van der Waals surface area (Å²) in [6, 6.07) is 1.92. The van der Waals surface area contributed by atoms with Crippen LogP contribution in [0.5, 0.6) is 5.75 Å². The third kappa shape index (κ3) is 7.19. The molecule has 3 rings (SSSR count). The number of halogens is 6. The molecule has 0 aromatic heterocycles. The summed E-state index contributed by atoms with van der Waals surface area (Å²) in [6.45, 7) is -3.33. The minimum absolute atomic E-state index is 0.0443. The second kappa shape index (κ2) is 11.0. The molecule has 15 heteroatoms. The van der Waals surface area contributed by atoms with Gasteiger partial charge < -0.3 is 15.4 Å². The van der Waals surface area contributed by atoms with Gasteiger partial charge in [-0.2, -0.15) is 13.1 Å². The molecule has 194 valence electrons. The molecule has 1 fully saturated rings. The SMILES string of the molecule is O=C(NCc1ccc(OC(F)F)c(F)c1)[C@H]1CNCCN1S(=O)(=O)C1=CCC(OC(F)(F)F)C=C1. The van der Waals surface area contributed by atoms with Crippen molar-refractivity contribution in [2.45, 2.75) is 38.1 Å². The van der Waals surface area contributed by atoms with Crippen molar-refractivity contribution in [2.75, 3.05) is 19.6 Å². The number of carbonyl (C=O) groups excluding carboxylic acids is 1. The lowest BCUT2D eigenvalue weighted by Gasteiger charge is -2.34. The van der Waals surface area contributed by atoms with Crippen LogP contribution in [0, 0.1) is 5.82 Å². The van der Waals surface area contributed by atoms with Gasteiger partial charge in [-0.05, 0) is 30.2 Å². The molecule has 2 aliphatic rings. The number of ether oxygens (including phenoxy) is 2. The highest BCUT2D eigenvalue weighted by atomic mass is 32.2. The van der Waals surface area contributed by atoms with Gasteiger partial charge in [-0.25, -0.2) is 12.8 Å². The topological polar surface area (TPSA) is 97.0 Å². The number of alkyl halides is 5. The van der Waals surface area contributed by atoms with Crippen molar-refractivity contribution < 1.29 is 49.0 Å². The van der Waals surface area contributed by atoms with Crippen LogP contribution in [-0.2, 0) is 26.1 Å². The zero-order chi connectivity index (χ0) is 25.8.